The summed E-state index contributed by atoms with van der Waals surface area (Å²) in [4.78, 5) is 21.3. The monoisotopic (exact) mass is 265 g/mol. The van der Waals surface area contributed by atoms with E-state index in [0.717, 1.165) is 0 Å². The number of benzene rings is 1. The summed E-state index contributed by atoms with van der Waals surface area (Å²) in [5.41, 5.74) is 1.16. The average Bonchev–Trinajstić information content (AvgIpc) is 2.27. The zero-order valence-corrected chi connectivity index (χ0v) is 10.5. The lowest BCUT2D eigenvalue weighted by atomic mass is 10.1. The lowest BCUT2D eigenvalue weighted by Crippen LogP contribution is -2.19. The van der Waals surface area contributed by atoms with Crippen LogP contribution < -0.4 is 5.32 Å². The third-order valence-corrected chi connectivity index (χ3v) is 2.30. The maximum absolute atomic E-state index is 10.7. The highest BCUT2D eigenvalue weighted by Crippen LogP contribution is 2.15. The third-order valence-electron chi connectivity index (χ3n) is 2.06. The Balaban J connectivity index is 2.87. The molecule has 0 aliphatic heterocycles. The van der Waals surface area contributed by atoms with Crippen molar-refractivity contribution in [2.45, 2.75) is 13.3 Å². The zero-order chi connectivity index (χ0) is 13.5. The van der Waals surface area contributed by atoms with E-state index in [0.29, 0.717) is 16.1 Å². The molecule has 0 atom stereocenters. The topological polar surface area (TPSA) is 66.4 Å². The Labute approximate surface area is 110 Å². The Hall–Kier alpha value is -1.99. The first kappa shape index (κ1) is 14.1. The minimum absolute atomic E-state index is 0.110. The van der Waals surface area contributed by atoms with Crippen LogP contribution in [0.4, 0.5) is 0 Å². The van der Waals surface area contributed by atoms with Gasteiger partial charge in [0.1, 0.15) is 0 Å². The van der Waals surface area contributed by atoms with E-state index in [2.05, 4.69) is 17.2 Å². The maximum Gasteiger partial charge on any atom is 0.307 e. The van der Waals surface area contributed by atoms with Crippen LogP contribution in [0.2, 0.25) is 5.02 Å². The Morgan fingerprint density at radius 2 is 2.17 bits per heavy atom. The quantitative estimate of drug-likeness (QED) is 0.813. The maximum atomic E-state index is 10.7. The van der Waals surface area contributed by atoms with Crippen LogP contribution in [0.5, 0.6) is 0 Å². The summed E-state index contributed by atoms with van der Waals surface area (Å²) in [6.07, 6.45) is -0.110. The van der Waals surface area contributed by atoms with Crippen molar-refractivity contribution in [1.29, 1.82) is 0 Å². The number of carboxylic acids is 1. The number of aliphatic carboxylic acids is 1. The van der Waals surface area contributed by atoms with E-state index in [4.69, 9.17) is 16.7 Å². The van der Waals surface area contributed by atoms with Crippen molar-refractivity contribution in [3.63, 3.8) is 0 Å². The molecule has 94 valence electrons. The molecule has 1 rings (SSSR count). The number of halogens is 1. The molecule has 0 spiro atoms. The van der Waals surface area contributed by atoms with Crippen LogP contribution in [0, 0.1) is 11.8 Å². The molecule has 1 amide bonds. The van der Waals surface area contributed by atoms with E-state index in [1.165, 1.54) is 6.92 Å². The molecule has 0 fully saturated rings. The second kappa shape index (κ2) is 6.67. The van der Waals surface area contributed by atoms with Gasteiger partial charge in [-0.05, 0) is 17.7 Å². The molecule has 2 N–H and O–H groups in total. The van der Waals surface area contributed by atoms with Crippen LogP contribution in [0.25, 0.3) is 0 Å². The van der Waals surface area contributed by atoms with Gasteiger partial charge in [-0.25, -0.2) is 0 Å². The van der Waals surface area contributed by atoms with Crippen molar-refractivity contribution >= 4 is 23.5 Å². The molecule has 18 heavy (non-hydrogen) atoms. The largest absolute Gasteiger partial charge is 0.481 e. The summed E-state index contributed by atoms with van der Waals surface area (Å²) >= 11 is 5.83. The molecule has 0 heterocycles. The molecule has 5 heteroatoms. The average molecular weight is 266 g/mol. The van der Waals surface area contributed by atoms with E-state index in [-0.39, 0.29) is 18.9 Å². The van der Waals surface area contributed by atoms with Gasteiger partial charge in [-0.2, -0.15) is 0 Å². The minimum atomic E-state index is -0.928. The fraction of sp³-hybridized carbons (Fsp3) is 0.231. The number of nitrogens with one attached hydrogen (secondary N) is 1. The van der Waals surface area contributed by atoms with Crippen LogP contribution in [0.3, 0.4) is 0 Å². The van der Waals surface area contributed by atoms with Crippen LogP contribution >= 0.6 is 11.6 Å². The number of amides is 1. The Kier molecular flexibility index (Phi) is 5.22. The van der Waals surface area contributed by atoms with Gasteiger partial charge >= 0.3 is 5.97 Å². The van der Waals surface area contributed by atoms with Crippen LogP contribution in [0.1, 0.15) is 18.1 Å². The summed E-state index contributed by atoms with van der Waals surface area (Å²) < 4.78 is 0. The van der Waals surface area contributed by atoms with Gasteiger partial charge in [0, 0.05) is 17.5 Å². The number of rotatable bonds is 3. The van der Waals surface area contributed by atoms with Gasteiger partial charge in [-0.3, -0.25) is 9.59 Å². The number of carboxylic acid groups (broad SMARTS) is 1. The second-order valence-corrected chi connectivity index (χ2v) is 4.02. The highest BCUT2D eigenvalue weighted by molar-refractivity contribution is 6.30. The summed E-state index contributed by atoms with van der Waals surface area (Å²) in [7, 11) is 0. The van der Waals surface area contributed by atoms with Crippen molar-refractivity contribution in [2.75, 3.05) is 6.54 Å². The standard InChI is InChI=1S/C13H12ClNO3/c1-9(16)15-6-2-3-10-7-12(14)5-4-11(10)8-13(17)18/h4-5,7H,6,8H2,1H3,(H,15,16)(H,17,18). The first-order chi connectivity index (χ1) is 8.49. The molecule has 0 aliphatic carbocycles. The van der Waals surface area contributed by atoms with Crippen molar-refractivity contribution in [3.05, 3.63) is 34.3 Å². The molecule has 0 radical (unpaired) electrons. The van der Waals surface area contributed by atoms with Crippen molar-refractivity contribution in [2.24, 2.45) is 0 Å². The molecular formula is C13H12ClNO3. The lowest BCUT2D eigenvalue weighted by Gasteiger charge is -2.02. The number of carbonyl (C=O) groups excluding carboxylic acids is 1. The number of carbonyl (C=O) groups is 2. The molecule has 1 aromatic rings. The van der Waals surface area contributed by atoms with Gasteiger partial charge in [0.2, 0.25) is 5.91 Å². The van der Waals surface area contributed by atoms with Gasteiger partial charge in [-0.15, -0.1) is 0 Å². The van der Waals surface area contributed by atoms with Crippen LogP contribution in [0.15, 0.2) is 18.2 Å². The van der Waals surface area contributed by atoms with Crippen molar-refractivity contribution < 1.29 is 14.7 Å². The molecular weight excluding hydrogens is 254 g/mol. The minimum Gasteiger partial charge on any atom is -0.481 e. The fourth-order valence-electron chi connectivity index (χ4n) is 1.29. The zero-order valence-electron chi connectivity index (χ0n) is 9.79. The summed E-state index contributed by atoms with van der Waals surface area (Å²) in [6, 6.07) is 4.87. The Morgan fingerprint density at radius 1 is 1.44 bits per heavy atom. The van der Waals surface area contributed by atoms with E-state index >= 15 is 0 Å². The van der Waals surface area contributed by atoms with Gasteiger partial charge in [0.05, 0.1) is 13.0 Å². The van der Waals surface area contributed by atoms with Gasteiger partial charge in [0.25, 0.3) is 0 Å². The van der Waals surface area contributed by atoms with E-state index in [9.17, 15) is 9.59 Å². The first-order valence-corrected chi connectivity index (χ1v) is 5.60. The molecule has 0 unspecified atom stereocenters. The highest BCUT2D eigenvalue weighted by Gasteiger charge is 2.05. The lowest BCUT2D eigenvalue weighted by molar-refractivity contribution is -0.136. The smallest absolute Gasteiger partial charge is 0.307 e. The number of hydrogen-bond acceptors (Lipinski definition) is 2. The predicted octanol–water partition coefficient (Wildman–Crippen LogP) is 1.45. The SMILES string of the molecule is CC(=O)NCC#Cc1cc(Cl)ccc1CC(=O)O. The van der Waals surface area contributed by atoms with Crippen molar-refractivity contribution in [1.82, 2.24) is 5.32 Å². The summed E-state index contributed by atoms with van der Waals surface area (Å²) in [5.74, 6) is 4.45. The molecule has 0 saturated carbocycles. The predicted molar refractivity (Wildman–Crippen MR) is 68.4 cm³/mol. The van der Waals surface area contributed by atoms with Gasteiger partial charge in [-0.1, -0.05) is 29.5 Å². The van der Waals surface area contributed by atoms with E-state index < -0.39 is 5.97 Å². The fourth-order valence-corrected chi connectivity index (χ4v) is 1.46. The van der Waals surface area contributed by atoms with Crippen LogP contribution in [-0.4, -0.2) is 23.5 Å². The van der Waals surface area contributed by atoms with Crippen molar-refractivity contribution in [3.8, 4) is 11.8 Å². The summed E-state index contributed by atoms with van der Waals surface area (Å²) in [6.45, 7) is 1.62. The van der Waals surface area contributed by atoms with Gasteiger partial charge in [0.15, 0.2) is 0 Å². The Morgan fingerprint density at radius 3 is 2.78 bits per heavy atom. The van der Waals surface area contributed by atoms with E-state index in [1.807, 2.05) is 0 Å². The second-order valence-electron chi connectivity index (χ2n) is 3.58. The molecule has 1 aromatic carbocycles. The number of hydrogen-bond donors (Lipinski definition) is 2. The molecule has 4 nitrogen and oxygen atoms in total. The molecule has 0 saturated heterocycles. The molecule has 0 aliphatic rings. The summed E-state index contributed by atoms with van der Waals surface area (Å²) in [5, 5.41) is 11.8. The van der Waals surface area contributed by atoms with E-state index in [1.54, 1.807) is 18.2 Å². The molecule has 0 bridgehead atoms. The highest BCUT2D eigenvalue weighted by atomic mass is 35.5. The first-order valence-electron chi connectivity index (χ1n) is 5.22. The third kappa shape index (κ3) is 4.89. The van der Waals surface area contributed by atoms with Crippen LogP contribution in [-0.2, 0) is 16.0 Å². The normalized spacial score (nSPS) is 9.22. The van der Waals surface area contributed by atoms with Gasteiger partial charge < -0.3 is 10.4 Å². The molecule has 0 aromatic heterocycles. The Bertz CT molecular complexity index is 529.